The molecule has 32 heavy (non-hydrogen) atoms. The topological polar surface area (TPSA) is 121 Å². The van der Waals surface area contributed by atoms with Gasteiger partial charge in [-0.25, -0.2) is 9.62 Å². The van der Waals surface area contributed by atoms with E-state index >= 15 is 0 Å². The third-order valence-corrected chi connectivity index (χ3v) is 7.02. The van der Waals surface area contributed by atoms with Crippen LogP contribution in [0.1, 0.15) is 28.8 Å². The minimum atomic E-state index is -0.922. The summed E-state index contributed by atoms with van der Waals surface area (Å²) in [7, 11) is 1.62. The Balaban J connectivity index is 1.64. The minimum absolute atomic E-state index is 0.155. The number of thiophene rings is 1. The monoisotopic (exact) mass is 442 g/mol. The van der Waals surface area contributed by atoms with E-state index in [1.54, 1.807) is 19.2 Å². The van der Waals surface area contributed by atoms with Crippen LogP contribution in [0.2, 0.25) is 0 Å². The summed E-state index contributed by atoms with van der Waals surface area (Å²) in [6.45, 7) is 1.92. The number of benzene rings is 2. The van der Waals surface area contributed by atoms with Crippen molar-refractivity contribution in [2.45, 2.75) is 18.4 Å². The van der Waals surface area contributed by atoms with Crippen LogP contribution in [0.3, 0.4) is 0 Å². The van der Waals surface area contributed by atoms with Crippen molar-refractivity contribution < 1.29 is 9.42 Å². The summed E-state index contributed by atoms with van der Waals surface area (Å²) in [5.74, 6) is -0.602. The number of rotatable bonds is 3. The lowest BCUT2D eigenvalue weighted by Crippen LogP contribution is -2.52. The van der Waals surface area contributed by atoms with Gasteiger partial charge < -0.3 is 5.73 Å². The number of amides is 1. The minimum Gasteiger partial charge on any atom is -0.369 e. The highest BCUT2D eigenvalue weighted by Crippen LogP contribution is 2.47. The first-order valence-corrected chi connectivity index (χ1v) is 10.7. The molecule has 0 saturated heterocycles. The second-order valence-electron chi connectivity index (χ2n) is 7.85. The van der Waals surface area contributed by atoms with Gasteiger partial charge >= 0.3 is 0 Å². The highest BCUT2D eigenvalue weighted by Gasteiger charge is 2.48. The van der Waals surface area contributed by atoms with Gasteiger partial charge in [0.2, 0.25) is 5.91 Å². The van der Waals surface area contributed by atoms with Crippen molar-refractivity contribution in [3.8, 4) is 17.2 Å². The molecule has 0 bridgehead atoms. The SMILES string of the molecule is CN1C(=O)[C@H](c2ccc3nonc3c2)[C@@](C)(c2cc(-c3cccc(C#N)c3)cs2)N=C1N. The van der Waals surface area contributed by atoms with Gasteiger partial charge in [-0.15, -0.1) is 11.3 Å². The van der Waals surface area contributed by atoms with Crippen LogP contribution in [-0.4, -0.2) is 34.1 Å². The van der Waals surface area contributed by atoms with E-state index in [0.29, 0.717) is 16.6 Å². The van der Waals surface area contributed by atoms with Gasteiger partial charge in [0.15, 0.2) is 5.96 Å². The van der Waals surface area contributed by atoms with Crippen LogP contribution >= 0.6 is 11.3 Å². The first-order valence-electron chi connectivity index (χ1n) is 9.85. The zero-order chi connectivity index (χ0) is 22.5. The van der Waals surface area contributed by atoms with Crippen LogP contribution in [0, 0.1) is 11.3 Å². The van der Waals surface area contributed by atoms with Gasteiger partial charge in [-0.3, -0.25) is 9.69 Å². The molecule has 2 atom stereocenters. The van der Waals surface area contributed by atoms with Crippen molar-refractivity contribution in [3.63, 3.8) is 0 Å². The molecular formula is C23H18N6O2S. The van der Waals surface area contributed by atoms with Crippen molar-refractivity contribution in [3.05, 3.63) is 69.9 Å². The predicted octanol–water partition coefficient (Wildman–Crippen LogP) is 3.61. The van der Waals surface area contributed by atoms with Crippen molar-refractivity contribution in [1.29, 1.82) is 5.26 Å². The summed E-state index contributed by atoms with van der Waals surface area (Å²) in [4.78, 5) is 20.5. The number of guanidine groups is 1. The summed E-state index contributed by atoms with van der Waals surface area (Å²) in [5.41, 5.74) is 9.63. The molecule has 1 aliphatic rings. The van der Waals surface area contributed by atoms with Gasteiger partial charge in [0, 0.05) is 11.9 Å². The van der Waals surface area contributed by atoms with Crippen molar-refractivity contribution >= 4 is 34.2 Å². The number of nitrogens with two attached hydrogens (primary N) is 1. The molecule has 2 N–H and O–H groups in total. The van der Waals surface area contributed by atoms with E-state index in [1.165, 1.54) is 16.2 Å². The largest absolute Gasteiger partial charge is 0.369 e. The van der Waals surface area contributed by atoms with Gasteiger partial charge in [0.05, 0.1) is 17.6 Å². The normalized spacial score (nSPS) is 20.9. The number of fused-ring (bicyclic) bond motifs is 1. The maximum atomic E-state index is 13.4. The molecule has 1 aliphatic heterocycles. The van der Waals surface area contributed by atoms with Crippen LogP contribution < -0.4 is 5.73 Å². The van der Waals surface area contributed by atoms with Crippen molar-refractivity contribution in [2.24, 2.45) is 10.7 Å². The Morgan fingerprint density at radius 3 is 2.78 bits per heavy atom. The molecule has 2 aromatic carbocycles. The number of carbonyl (C=O) groups is 1. The zero-order valence-corrected chi connectivity index (χ0v) is 18.1. The second-order valence-corrected chi connectivity index (χ2v) is 8.76. The van der Waals surface area contributed by atoms with Gasteiger partial charge in [-0.05, 0) is 69.6 Å². The third-order valence-electron chi connectivity index (χ3n) is 5.86. The molecule has 0 radical (unpaired) electrons. The molecule has 2 aromatic heterocycles. The Kier molecular flexibility index (Phi) is 4.53. The Morgan fingerprint density at radius 1 is 1.16 bits per heavy atom. The van der Waals surface area contributed by atoms with Crippen LogP contribution in [0.15, 0.2) is 63.5 Å². The molecule has 9 heteroatoms. The Labute approximate surface area is 187 Å². The molecule has 0 spiro atoms. The van der Waals surface area contributed by atoms with Crippen LogP contribution in [0.4, 0.5) is 0 Å². The molecule has 1 amide bonds. The number of nitriles is 1. The lowest BCUT2D eigenvalue weighted by molar-refractivity contribution is -0.130. The molecule has 0 aliphatic carbocycles. The fourth-order valence-electron chi connectivity index (χ4n) is 4.09. The number of hydrogen-bond acceptors (Lipinski definition) is 8. The number of aliphatic imine (C=N–C) groups is 1. The van der Waals surface area contributed by atoms with Gasteiger partial charge in [0.1, 0.15) is 16.6 Å². The average molecular weight is 443 g/mol. The second kappa shape index (κ2) is 7.28. The zero-order valence-electron chi connectivity index (χ0n) is 17.3. The number of hydrogen-bond donors (Lipinski definition) is 1. The van der Waals surface area contributed by atoms with E-state index in [0.717, 1.165) is 21.6 Å². The standard InChI is InChI=1S/C23H18N6O2S/c1-23(19-10-16(12-32-19)14-5-3-4-13(8-14)11-24)20(21(30)29(2)22(25)26-23)15-6-7-17-18(9-15)28-31-27-17/h3-10,12,20H,1-2H3,(H2,25,26)/t20-,23+/m0/s1. The summed E-state index contributed by atoms with van der Waals surface area (Å²) in [6, 6.07) is 17.0. The number of likely N-dealkylation sites (N-methyl/N-ethyl adjacent to an activating group) is 1. The molecule has 3 heterocycles. The Hall–Kier alpha value is -4.03. The summed E-state index contributed by atoms with van der Waals surface area (Å²) < 4.78 is 4.82. The van der Waals surface area contributed by atoms with E-state index in [-0.39, 0.29) is 11.9 Å². The molecule has 0 fully saturated rings. The van der Waals surface area contributed by atoms with Gasteiger partial charge in [0.25, 0.3) is 0 Å². The van der Waals surface area contributed by atoms with Crippen molar-refractivity contribution in [2.75, 3.05) is 7.05 Å². The van der Waals surface area contributed by atoms with E-state index < -0.39 is 11.5 Å². The fourth-order valence-corrected chi connectivity index (χ4v) is 5.14. The molecular weight excluding hydrogens is 424 g/mol. The average Bonchev–Trinajstić information content (AvgIpc) is 3.47. The van der Waals surface area contributed by atoms with Crippen LogP contribution in [0.25, 0.3) is 22.2 Å². The molecule has 8 nitrogen and oxygen atoms in total. The Morgan fingerprint density at radius 2 is 1.97 bits per heavy atom. The van der Waals surface area contributed by atoms with E-state index in [2.05, 4.69) is 16.4 Å². The molecule has 0 saturated carbocycles. The smallest absolute Gasteiger partial charge is 0.239 e. The summed E-state index contributed by atoms with van der Waals surface area (Å²) >= 11 is 1.51. The lowest BCUT2D eigenvalue weighted by Gasteiger charge is -2.40. The van der Waals surface area contributed by atoms with E-state index in [1.807, 2.05) is 48.7 Å². The first kappa shape index (κ1) is 19.9. The molecule has 4 aromatic rings. The number of nitrogens with zero attached hydrogens (tertiary/aromatic N) is 5. The van der Waals surface area contributed by atoms with Crippen LogP contribution in [0.5, 0.6) is 0 Å². The number of carbonyl (C=O) groups excluding carboxylic acids is 1. The lowest BCUT2D eigenvalue weighted by atomic mass is 9.77. The third kappa shape index (κ3) is 3.04. The summed E-state index contributed by atoms with van der Waals surface area (Å²) in [5, 5.41) is 19.0. The highest BCUT2D eigenvalue weighted by molar-refractivity contribution is 7.10. The molecule has 0 unspecified atom stereocenters. The van der Waals surface area contributed by atoms with E-state index in [9.17, 15) is 10.1 Å². The predicted molar refractivity (Wildman–Crippen MR) is 121 cm³/mol. The van der Waals surface area contributed by atoms with Crippen molar-refractivity contribution in [1.82, 2.24) is 15.2 Å². The van der Waals surface area contributed by atoms with Gasteiger partial charge in [-0.2, -0.15) is 5.26 Å². The van der Waals surface area contributed by atoms with E-state index in [4.69, 9.17) is 15.4 Å². The fraction of sp³-hybridized carbons (Fsp3) is 0.174. The molecule has 158 valence electrons. The first-order chi connectivity index (χ1) is 15.4. The maximum absolute atomic E-state index is 13.4. The maximum Gasteiger partial charge on any atom is 0.239 e. The van der Waals surface area contributed by atoms with Gasteiger partial charge in [-0.1, -0.05) is 18.2 Å². The summed E-state index contributed by atoms with van der Waals surface area (Å²) in [6.07, 6.45) is 0. The highest BCUT2D eigenvalue weighted by atomic mass is 32.1. The quantitative estimate of drug-likeness (QED) is 0.517. The molecule has 5 rings (SSSR count). The van der Waals surface area contributed by atoms with Crippen LogP contribution in [-0.2, 0) is 10.3 Å². The number of aromatic nitrogens is 2. The Bertz CT molecular complexity index is 1430.